The van der Waals surface area contributed by atoms with Gasteiger partial charge < -0.3 is 4.57 Å². The molecule has 1 aromatic heterocycles. The highest BCUT2D eigenvalue weighted by atomic mass is 35.5. The van der Waals surface area contributed by atoms with Crippen molar-refractivity contribution in [3.05, 3.63) is 151 Å². The molecule has 0 saturated heterocycles. The van der Waals surface area contributed by atoms with E-state index in [0.29, 0.717) is 0 Å². The van der Waals surface area contributed by atoms with E-state index in [0.717, 1.165) is 21.8 Å². The van der Waals surface area contributed by atoms with Crippen molar-refractivity contribution < 1.29 is 0 Å². The normalized spacial score (nSPS) is 11.3. The van der Waals surface area contributed by atoms with Crippen molar-refractivity contribution in [1.82, 2.24) is 4.57 Å². The van der Waals surface area contributed by atoms with Crippen LogP contribution in [-0.2, 0) is 0 Å². The predicted molar refractivity (Wildman–Crippen MR) is 162 cm³/mol. The first-order valence-corrected chi connectivity index (χ1v) is 13.2. The zero-order valence-corrected chi connectivity index (χ0v) is 21.4. The third-order valence-electron chi connectivity index (χ3n) is 7.30. The zero-order chi connectivity index (χ0) is 25.5. The molecular formula is C36H24ClN. The summed E-state index contributed by atoms with van der Waals surface area (Å²) in [5, 5.41) is 3.24. The second kappa shape index (κ2) is 9.37. The van der Waals surface area contributed by atoms with Gasteiger partial charge >= 0.3 is 0 Å². The lowest BCUT2D eigenvalue weighted by Crippen LogP contribution is -1.98. The third-order valence-corrected chi connectivity index (χ3v) is 7.55. The Morgan fingerprint density at radius 1 is 0.395 bits per heavy atom. The average Bonchev–Trinajstić information content (AvgIpc) is 3.32. The van der Waals surface area contributed by atoms with E-state index in [4.69, 9.17) is 11.6 Å². The second-order valence-corrected chi connectivity index (χ2v) is 9.99. The number of hydrogen-bond donors (Lipinski definition) is 0. The van der Waals surface area contributed by atoms with Crippen molar-refractivity contribution in [1.29, 1.82) is 0 Å². The van der Waals surface area contributed by atoms with Crippen molar-refractivity contribution in [2.45, 2.75) is 0 Å². The number of halogens is 1. The van der Waals surface area contributed by atoms with Crippen LogP contribution in [0.4, 0.5) is 0 Å². The van der Waals surface area contributed by atoms with Gasteiger partial charge in [0.05, 0.1) is 16.7 Å². The summed E-state index contributed by atoms with van der Waals surface area (Å²) in [7, 11) is 0. The maximum Gasteiger partial charge on any atom is 0.0546 e. The molecular weight excluding hydrogens is 482 g/mol. The summed E-state index contributed by atoms with van der Waals surface area (Å²) >= 11 is 6.25. The van der Waals surface area contributed by atoms with Crippen molar-refractivity contribution in [2.75, 3.05) is 0 Å². The van der Waals surface area contributed by atoms with Crippen molar-refractivity contribution in [2.24, 2.45) is 0 Å². The van der Waals surface area contributed by atoms with Crippen LogP contribution >= 0.6 is 11.6 Å². The van der Waals surface area contributed by atoms with Gasteiger partial charge in [0.1, 0.15) is 0 Å². The SMILES string of the molecule is Clc1ccc(-c2ccc(-c3ccc(-c4ccccc4)cc3)cc2-n2c3ccccc3c3ccccc32)cc1. The van der Waals surface area contributed by atoms with Crippen LogP contribution in [-0.4, -0.2) is 4.57 Å². The van der Waals surface area contributed by atoms with Gasteiger partial charge in [-0.15, -0.1) is 0 Å². The Morgan fingerprint density at radius 2 is 0.868 bits per heavy atom. The van der Waals surface area contributed by atoms with Crippen LogP contribution in [0, 0.1) is 0 Å². The summed E-state index contributed by atoms with van der Waals surface area (Å²) in [6.45, 7) is 0. The van der Waals surface area contributed by atoms with Crippen LogP contribution in [0.1, 0.15) is 0 Å². The molecule has 0 saturated carbocycles. The van der Waals surface area contributed by atoms with Crippen LogP contribution in [0.25, 0.3) is 60.9 Å². The highest BCUT2D eigenvalue weighted by Gasteiger charge is 2.16. The largest absolute Gasteiger partial charge is 0.309 e. The number of hydrogen-bond acceptors (Lipinski definition) is 0. The van der Waals surface area contributed by atoms with Crippen LogP contribution in [0.15, 0.2) is 146 Å². The standard InChI is InChI=1S/C36H24ClN/c37-30-21-18-28(19-22-30)31-23-20-29(27-16-14-26(15-17-27)25-8-2-1-3-9-25)24-36(31)38-34-12-6-4-10-32(34)33-11-5-7-13-35(33)38/h1-24H. The maximum absolute atomic E-state index is 6.25. The number of nitrogens with zero attached hydrogens (tertiary/aromatic N) is 1. The van der Waals surface area contributed by atoms with E-state index in [1.165, 1.54) is 44.1 Å². The molecule has 7 aromatic rings. The molecule has 7 rings (SSSR count). The van der Waals surface area contributed by atoms with Gasteiger partial charge in [-0.1, -0.05) is 127 Å². The minimum Gasteiger partial charge on any atom is -0.309 e. The lowest BCUT2D eigenvalue weighted by molar-refractivity contribution is 1.18. The molecule has 0 radical (unpaired) electrons. The third kappa shape index (κ3) is 3.89. The van der Waals surface area contributed by atoms with E-state index in [1.54, 1.807) is 0 Å². The molecule has 0 spiro atoms. The smallest absolute Gasteiger partial charge is 0.0546 e. The maximum atomic E-state index is 6.25. The fourth-order valence-electron chi connectivity index (χ4n) is 5.44. The molecule has 0 amide bonds. The molecule has 6 aromatic carbocycles. The molecule has 0 fully saturated rings. The second-order valence-electron chi connectivity index (χ2n) is 9.55. The summed E-state index contributed by atoms with van der Waals surface area (Å²) in [5.41, 5.74) is 10.6. The average molecular weight is 506 g/mol. The topological polar surface area (TPSA) is 4.93 Å². The molecule has 0 bridgehead atoms. The molecule has 180 valence electrons. The van der Waals surface area contributed by atoms with Gasteiger partial charge in [-0.05, 0) is 58.1 Å². The quantitative estimate of drug-likeness (QED) is 0.224. The molecule has 0 aliphatic carbocycles. The summed E-state index contributed by atoms with van der Waals surface area (Å²) in [5.74, 6) is 0. The van der Waals surface area contributed by atoms with Crippen LogP contribution in [0.5, 0.6) is 0 Å². The summed E-state index contributed by atoms with van der Waals surface area (Å²) in [6.07, 6.45) is 0. The molecule has 1 heterocycles. The van der Waals surface area contributed by atoms with Gasteiger partial charge in [0, 0.05) is 21.4 Å². The first-order valence-electron chi connectivity index (χ1n) is 12.8. The van der Waals surface area contributed by atoms with Gasteiger partial charge in [-0.2, -0.15) is 0 Å². The minimum absolute atomic E-state index is 0.738. The molecule has 2 heteroatoms. The van der Waals surface area contributed by atoms with E-state index in [2.05, 4.69) is 138 Å². The number of para-hydroxylation sites is 2. The summed E-state index contributed by atoms with van der Waals surface area (Å²) in [4.78, 5) is 0. The highest BCUT2D eigenvalue weighted by molar-refractivity contribution is 6.30. The van der Waals surface area contributed by atoms with Crippen LogP contribution in [0.2, 0.25) is 5.02 Å². The molecule has 0 unspecified atom stereocenters. The Hall–Kier alpha value is -4.59. The number of rotatable bonds is 4. The first kappa shape index (κ1) is 22.6. The predicted octanol–water partition coefficient (Wildman–Crippen LogP) is 10.4. The summed E-state index contributed by atoms with van der Waals surface area (Å²) < 4.78 is 2.40. The fourth-order valence-corrected chi connectivity index (χ4v) is 5.56. The Bertz CT molecular complexity index is 1840. The lowest BCUT2D eigenvalue weighted by Gasteiger charge is -2.16. The molecule has 1 nitrogen and oxygen atoms in total. The zero-order valence-electron chi connectivity index (χ0n) is 20.7. The van der Waals surface area contributed by atoms with Gasteiger partial charge in [-0.25, -0.2) is 0 Å². The lowest BCUT2D eigenvalue weighted by atomic mass is 9.96. The highest BCUT2D eigenvalue weighted by Crippen LogP contribution is 2.38. The monoisotopic (exact) mass is 505 g/mol. The Morgan fingerprint density at radius 3 is 1.50 bits per heavy atom. The van der Waals surface area contributed by atoms with Crippen molar-refractivity contribution in [3.63, 3.8) is 0 Å². The van der Waals surface area contributed by atoms with Crippen LogP contribution < -0.4 is 0 Å². The van der Waals surface area contributed by atoms with E-state index in [1.807, 2.05) is 12.1 Å². The van der Waals surface area contributed by atoms with E-state index >= 15 is 0 Å². The van der Waals surface area contributed by atoms with Gasteiger partial charge in [-0.3, -0.25) is 0 Å². The molecule has 38 heavy (non-hydrogen) atoms. The van der Waals surface area contributed by atoms with Gasteiger partial charge in [0.2, 0.25) is 0 Å². The van der Waals surface area contributed by atoms with E-state index < -0.39 is 0 Å². The fraction of sp³-hybridized carbons (Fsp3) is 0. The Kier molecular flexibility index (Phi) is 5.57. The van der Waals surface area contributed by atoms with Gasteiger partial charge in [0.15, 0.2) is 0 Å². The van der Waals surface area contributed by atoms with Crippen LogP contribution in [0.3, 0.4) is 0 Å². The van der Waals surface area contributed by atoms with E-state index in [-0.39, 0.29) is 0 Å². The number of aromatic nitrogens is 1. The summed E-state index contributed by atoms with van der Waals surface area (Å²) in [6, 6.07) is 51.6. The Balaban J connectivity index is 1.45. The van der Waals surface area contributed by atoms with Gasteiger partial charge in [0.25, 0.3) is 0 Å². The van der Waals surface area contributed by atoms with Crippen molar-refractivity contribution >= 4 is 33.4 Å². The first-order chi connectivity index (χ1) is 18.8. The Labute approximate surface area is 227 Å². The van der Waals surface area contributed by atoms with Crippen molar-refractivity contribution in [3.8, 4) is 39.1 Å². The molecule has 0 atom stereocenters. The minimum atomic E-state index is 0.738. The molecule has 0 N–H and O–H groups in total. The van der Waals surface area contributed by atoms with E-state index in [9.17, 15) is 0 Å². The molecule has 0 aliphatic rings. The number of benzene rings is 6. The molecule has 0 aliphatic heterocycles. The number of fused-ring (bicyclic) bond motifs is 3.